The molecular formula is C20H25ClN4O3S. The third kappa shape index (κ3) is 8.39. The van der Waals surface area contributed by atoms with Crippen LogP contribution in [0, 0.1) is 6.92 Å². The molecule has 2 aromatic rings. The van der Waals surface area contributed by atoms with Crippen molar-refractivity contribution in [3.8, 4) is 0 Å². The summed E-state index contributed by atoms with van der Waals surface area (Å²) in [5, 5.41) is 6.07. The Hall–Kier alpha value is -2.16. The lowest BCUT2D eigenvalue weighted by Gasteiger charge is -2.08. The monoisotopic (exact) mass is 436 g/mol. The lowest BCUT2D eigenvalue weighted by Crippen LogP contribution is -2.32. The first-order valence-electron chi connectivity index (χ1n) is 9.24. The van der Waals surface area contributed by atoms with Crippen LogP contribution in [0.3, 0.4) is 0 Å². The summed E-state index contributed by atoms with van der Waals surface area (Å²) in [4.78, 5) is 32.5. The van der Waals surface area contributed by atoms with Crippen molar-refractivity contribution in [3.63, 3.8) is 0 Å². The number of carbonyl (C=O) groups is 2. The summed E-state index contributed by atoms with van der Waals surface area (Å²) in [6.45, 7) is 3.36. The van der Waals surface area contributed by atoms with Crippen LogP contribution in [0.4, 0.5) is 0 Å². The van der Waals surface area contributed by atoms with Gasteiger partial charge in [0.2, 0.25) is 5.91 Å². The van der Waals surface area contributed by atoms with Gasteiger partial charge < -0.3 is 15.4 Å². The van der Waals surface area contributed by atoms with Gasteiger partial charge in [-0.25, -0.2) is 9.97 Å². The summed E-state index contributed by atoms with van der Waals surface area (Å²) in [5.74, 6) is 0.123. The number of carbonyl (C=O) groups excluding carboxylic acids is 2. The fraction of sp³-hybridized carbons (Fsp3) is 0.400. The van der Waals surface area contributed by atoms with Crippen molar-refractivity contribution in [1.82, 2.24) is 20.6 Å². The molecule has 1 aromatic heterocycles. The number of aryl methyl sites for hydroxylation is 1. The van der Waals surface area contributed by atoms with Crippen LogP contribution in [0.2, 0.25) is 5.02 Å². The van der Waals surface area contributed by atoms with E-state index in [1.165, 1.54) is 23.5 Å². The van der Waals surface area contributed by atoms with Gasteiger partial charge in [0, 0.05) is 39.0 Å². The zero-order valence-electron chi connectivity index (χ0n) is 16.5. The summed E-state index contributed by atoms with van der Waals surface area (Å²) < 4.78 is 4.92. The minimum Gasteiger partial charge on any atom is -0.385 e. The van der Waals surface area contributed by atoms with Crippen molar-refractivity contribution in [1.29, 1.82) is 0 Å². The van der Waals surface area contributed by atoms with Gasteiger partial charge in [0.15, 0.2) is 10.9 Å². The molecule has 0 spiro atoms. The van der Waals surface area contributed by atoms with Crippen LogP contribution in [-0.4, -0.2) is 48.6 Å². The molecule has 0 aliphatic carbocycles. The Morgan fingerprint density at radius 2 is 1.93 bits per heavy atom. The van der Waals surface area contributed by atoms with E-state index in [0.29, 0.717) is 24.1 Å². The molecule has 0 bridgehead atoms. The molecular weight excluding hydrogens is 412 g/mol. The average Bonchev–Trinajstić information content (AvgIpc) is 2.71. The predicted molar refractivity (Wildman–Crippen MR) is 114 cm³/mol. The smallest absolute Gasteiger partial charge is 0.271 e. The van der Waals surface area contributed by atoms with E-state index in [0.717, 1.165) is 12.0 Å². The van der Waals surface area contributed by atoms with Crippen LogP contribution < -0.4 is 10.6 Å². The maximum absolute atomic E-state index is 12.4. The van der Waals surface area contributed by atoms with Gasteiger partial charge in [-0.2, -0.15) is 0 Å². The molecule has 2 amide bonds. The number of nitrogens with one attached hydrogen (secondary N) is 2. The lowest BCUT2D eigenvalue weighted by atomic mass is 10.2. The minimum absolute atomic E-state index is 0.105. The number of rotatable bonds is 11. The summed E-state index contributed by atoms with van der Waals surface area (Å²) >= 11 is 7.51. The van der Waals surface area contributed by atoms with E-state index in [9.17, 15) is 9.59 Å². The zero-order chi connectivity index (χ0) is 21.1. The molecule has 0 unspecified atom stereocenters. The number of methoxy groups -OCH3 is 1. The van der Waals surface area contributed by atoms with Gasteiger partial charge in [0.25, 0.3) is 5.91 Å². The van der Waals surface area contributed by atoms with E-state index >= 15 is 0 Å². The quantitative estimate of drug-likeness (QED) is 0.319. The van der Waals surface area contributed by atoms with Crippen LogP contribution in [0.25, 0.3) is 0 Å². The molecule has 2 N–H and O–H groups in total. The first-order valence-corrected chi connectivity index (χ1v) is 10.6. The van der Waals surface area contributed by atoms with E-state index in [2.05, 4.69) is 20.6 Å². The van der Waals surface area contributed by atoms with Gasteiger partial charge in [0.05, 0.1) is 11.2 Å². The molecule has 2 rings (SSSR count). The second-order valence-corrected chi connectivity index (χ2v) is 7.68. The Balaban J connectivity index is 1.82. The number of ether oxygens (including phenoxy) is 1. The van der Waals surface area contributed by atoms with E-state index in [1.807, 2.05) is 31.2 Å². The van der Waals surface area contributed by atoms with Crippen LogP contribution in [-0.2, 0) is 15.3 Å². The van der Waals surface area contributed by atoms with Gasteiger partial charge in [0.1, 0.15) is 0 Å². The van der Waals surface area contributed by atoms with Crippen LogP contribution in [0.15, 0.2) is 35.6 Å². The van der Waals surface area contributed by atoms with Crippen LogP contribution in [0.5, 0.6) is 0 Å². The second kappa shape index (κ2) is 12.4. The number of nitrogens with zero attached hydrogens (tertiary/aromatic N) is 2. The summed E-state index contributed by atoms with van der Waals surface area (Å²) in [7, 11) is 1.61. The Bertz CT molecular complexity index is 818. The molecule has 7 nitrogen and oxygen atoms in total. The van der Waals surface area contributed by atoms with Crippen molar-refractivity contribution in [2.24, 2.45) is 0 Å². The van der Waals surface area contributed by atoms with E-state index in [-0.39, 0.29) is 29.6 Å². The number of hydrogen-bond donors (Lipinski definition) is 2. The highest BCUT2D eigenvalue weighted by atomic mass is 35.5. The molecule has 0 saturated heterocycles. The third-order valence-electron chi connectivity index (χ3n) is 3.91. The molecule has 0 aliphatic rings. The fourth-order valence-electron chi connectivity index (χ4n) is 2.32. The molecule has 156 valence electrons. The highest BCUT2D eigenvalue weighted by molar-refractivity contribution is 7.98. The van der Waals surface area contributed by atoms with E-state index in [1.54, 1.807) is 7.11 Å². The van der Waals surface area contributed by atoms with Crippen molar-refractivity contribution in [3.05, 3.63) is 52.3 Å². The molecule has 0 aliphatic heterocycles. The SMILES string of the molecule is COCCCNC(=O)CCNC(=O)c1nc(SCc2ccc(C)cc2)ncc1Cl. The first-order chi connectivity index (χ1) is 14.0. The molecule has 1 heterocycles. The molecule has 1 aromatic carbocycles. The Morgan fingerprint density at radius 1 is 1.17 bits per heavy atom. The minimum atomic E-state index is -0.429. The first kappa shape index (κ1) is 23.1. The molecule has 0 saturated carbocycles. The van der Waals surface area contributed by atoms with Crippen LogP contribution in [0.1, 0.15) is 34.5 Å². The number of aromatic nitrogens is 2. The Labute approximate surface area is 180 Å². The third-order valence-corrected chi connectivity index (χ3v) is 5.12. The summed E-state index contributed by atoms with van der Waals surface area (Å²) in [6, 6.07) is 8.19. The van der Waals surface area contributed by atoms with E-state index < -0.39 is 5.91 Å². The van der Waals surface area contributed by atoms with Crippen LogP contribution >= 0.6 is 23.4 Å². The lowest BCUT2D eigenvalue weighted by molar-refractivity contribution is -0.120. The van der Waals surface area contributed by atoms with E-state index in [4.69, 9.17) is 16.3 Å². The van der Waals surface area contributed by atoms with Gasteiger partial charge in [-0.3, -0.25) is 9.59 Å². The van der Waals surface area contributed by atoms with Gasteiger partial charge >= 0.3 is 0 Å². The molecule has 0 atom stereocenters. The fourth-order valence-corrected chi connectivity index (χ4v) is 3.27. The predicted octanol–water partition coefficient (Wildman–Crippen LogP) is 3.00. The number of benzene rings is 1. The van der Waals surface area contributed by atoms with Crippen molar-refractivity contribution < 1.29 is 14.3 Å². The number of amides is 2. The largest absolute Gasteiger partial charge is 0.385 e. The zero-order valence-corrected chi connectivity index (χ0v) is 18.1. The molecule has 9 heteroatoms. The second-order valence-electron chi connectivity index (χ2n) is 6.33. The molecule has 0 radical (unpaired) electrons. The number of thioether (sulfide) groups is 1. The maximum Gasteiger partial charge on any atom is 0.271 e. The Morgan fingerprint density at radius 3 is 2.66 bits per heavy atom. The summed E-state index contributed by atoms with van der Waals surface area (Å²) in [5.41, 5.74) is 2.44. The average molecular weight is 437 g/mol. The normalized spacial score (nSPS) is 10.6. The highest BCUT2D eigenvalue weighted by Crippen LogP contribution is 2.22. The molecule has 29 heavy (non-hydrogen) atoms. The highest BCUT2D eigenvalue weighted by Gasteiger charge is 2.15. The maximum atomic E-state index is 12.4. The van der Waals surface area contributed by atoms with Crippen molar-refractivity contribution in [2.75, 3.05) is 26.8 Å². The standard InChI is InChI=1S/C20H25ClN4O3S/c1-14-4-6-15(7-5-14)13-29-20-24-12-16(21)18(25-20)19(27)23-10-8-17(26)22-9-3-11-28-2/h4-7,12H,3,8-11,13H2,1-2H3,(H,22,26)(H,23,27). The Kier molecular flexibility index (Phi) is 9.90. The van der Waals surface area contributed by atoms with Crippen molar-refractivity contribution >= 4 is 35.2 Å². The number of halogens is 1. The number of hydrogen-bond acceptors (Lipinski definition) is 6. The molecule has 0 fully saturated rings. The topological polar surface area (TPSA) is 93.2 Å². The van der Waals surface area contributed by atoms with Gasteiger partial charge in [-0.1, -0.05) is 53.2 Å². The van der Waals surface area contributed by atoms with Crippen molar-refractivity contribution in [2.45, 2.75) is 30.7 Å². The van der Waals surface area contributed by atoms with Gasteiger partial charge in [-0.15, -0.1) is 0 Å². The van der Waals surface area contributed by atoms with Gasteiger partial charge in [-0.05, 0) is 18.9 Å². The summed E-state index contributed by atoms with van der Waals surface area (Å²) in [6.07, 6.45) is 2.34.